The minimum atomic E-state index is -3.85. The van der Waals surface area contributed by atoms with Crippen LogP contribution in [0.25, 0.3) is 10.9 Å². The third kappa shape index (κ3) is 6.41. The van der Waals surface area contributed by atoms with Gasteiger partial charge < -0.3 is 15.1 Å². The molecule has 44 heavy (non-hydrogen) atoms. The number of fused-ring (bicyclic) bond motifs is 1. The number of aryl methyl sites for hydroxylation is 1. The minimum Gasteiger partial charge on any atom is -0.377 e. The van der Waals surface area contributed by atoms with Crippen LogP contribution in [0.4, 0.5) is 17.6 Å². The van der Waals surface area contributed by atoms with Crippen LogP contribution in [-0.2, 0) is 17.1 Å². The molecular weight excluding hydrogens is 608 g/mol. The highest BCUT2D eigenvalue weighted by Gasteiger charge is 2.25. The van der Waals surface area contributed by atoms with Gasteiger partial charge in [-0.15, -0.1) is 0 Å². The predicted octanol–water partition coefficient (Wildman–Crippen LogP) is 2.14. The smallest absolute Gasteiger partial charge is 0.285 e. The summed E-state index contributed by atoms with van der Waals surface area (Å²) in [4.78, 5) is 48.0. The van der Waals surface area contributed by atoms with Gasteiger partial charge >= 0.3 is 0 Å². The number of nitrogens with one attached hydrogen (secondary N) is 2. The average Bonchev–Trinajstić information content (AvgIpc) is 2.99. The molecule has 0 aliphatic carbocycles. The molecule has 0 saturated carbocycles. The van der Waals surface area contributed by atoms with Gasteiger partial charge in [-0.1, -0.05) is 17.7 Å². The summed E-state index contributed by atoms with van der Waals surface area (Å²) in [7, 11) is -2.16. The van der Waals surface area contributed by atoms with Crippen LogP contribution in [0.5, 0.6) is 0 Å². The summed E-state index contributed by atoms with van der Waals surface area (Å²) in [6.07, 6.45) is 3.85. The second-order valence-corrected chi connectivity index (χ2v) is 12.6. The first-order chi connectivity index (χ1) is 20.8. The quantitative estimate of drug-likeness (QED) is 0.283. The monoisotopic (exact) mass is 636 g/mol. The summed E-state index contributed by atoms with van der Waals surface area (Å²) in [5.41, 5.74) is 2.28. The van der Waals surface area contributed by atoms with Crippen molar-refractivity contribution in [1.29, 1.82) is 5.26 Å². The van der Waals surface area contributed by atoms with Crippen LogP contribution in [0, 0.1) is 18.3 Å². The maximum absolute atomic E-state index is 13.6. The van der Waals surface area contributed by atoms with E-state index in [1.165, 1.54) is 29.1 Å². The molecule has 16 heteroatoms. The van der Waals surface area contributed by atoms with Crippen LogP contribution in [0.1, 0.15) is 40.1 Å². The molecule has 1 atom stereocenters. The number of halogens is 1. The second-order valence-electron chi connectivity index (χ2n) is 10.5. The van der Waals surface area contributed by atoms with Crippen molar-refractivity contribution in [2.45, 2.75) is 19.9 Å². The maximum atomic E-state index is 13.6. The van der Waals surface area contributed by atoms with Crippen LogP contribution in [0.3, 0.4) is 0 Å². The molecule has 1 aliphatic rings. The van der Waals surface area contributed by atoms with Crippen molar-refractivity contribution in [3.05, 3.63) is 74.6 Å². The number of hydrogen-bond acceptors (Lipinski definition) is 12. The highest BCUT2D eigenvalue weighted by molar-refractivity contribution is 7.89. The number of amides is 1. The Labute approximate surface area is 258 Å². The fourth-order valence-corrected chi connectivity index (χ4v) is 5.64. The molecule has 0 unspecified atom stereocenters. The zero-order chi connectivity index (χ0) is 31.8. The van der Waals surface area contributed by atoms with Gasteiger partial charge in [-0.25, -0.2) is 33.1 Å². The first-order valence-corrected chi connectivity index (χ1v) is 15.8. The molecule has 1 fully saturated rings. The van der Waals surface area contributed by atoms with Crippen LogP contribution in [-0.4, -0.2) is 71.3 Å². The van der Waals surface area contributed by atoms with Gasteiger partial charge in [-0.3, -0.25) is 14.2 Å². The van der Waals surface area contributed by atoms with Gasteiger partial charge in [0.2, 0.25) is 21.9 Å². The van der Waals surface area contributed by atoms with Crippen molar-refractivity contribution >= 4 is 56.0 Å². The van der Waals surface area contributed by atoms with Crippen molar-refractivity contribution in [1.82, 2.24) is 29.2 Å². The molecule has 1 saturated heterocycles. The zero-order valence-corrected chi connectivity index (χ0v) is 25.9. The third-order valence-corrected chi connectivity index (χ3v) is 7.90. The average molecular weight is 637 g/mol. The van der Waals surface area contributed by atoms with Gasteiger partial charge in [0, 0.05) is 38.8 Å². The summed E-state index contributed by atoms with van der Waals surface area (Å²) < 4.78 is 26.8. The molecule has 1 aliphatic heterocycles. The Morgan fingerprint density at radius 2 is 1.75 bits per heavy atom. The van der Waals surface area contributed by atoms with Gasteiger partial charge in [0.05, 0.1) is 46.8 Å². The Balaban J connectivity index is 1.47. The minimum absolute atomic E-state index is 0.0171. The largest absolute Gasteiger partial charge is 0.377 e. The van der Waals surface area contributed by atoms with E-state index in [9.17, 15) is 18.0 Å². The summed E-state index contributed by atoms with van der Waals surface area (Å²) >= 11 is 6.02. The predicted molar refractivity (Wildman–Crippen MR) is 166 cm³/mol. The lowest BCUT2D eigenvalue weighted by Crippen LogP contribution is -2.48. The Morgan fingerprint density at radius 3 is 2.39 bits per heavy atom. The van der Waals surface area contributed by atoms with Gasteiger partial charge in [-0.05, 0) is 37.6 Å². The van der Waals surface area contributed by atoms with Crippen molar-refractivity contribution in [3.8, 4) is 6.07 Å². The van der Waals surface area contributed by atoms with Gasteiger partial charge in [0.15, 0.2) is 5.69 Å². The van der Waals surface area contributed by atoms with Gasteiger partial charge in [0.1, 0.15) is 11.2 Å². The van der Waals surface area contributed by atoms with Crippen molar-refractivity contribution in [3.63, 3.8) is 0 Å². The summed E-state index contributed by atoms with van der Waals surface area (Å²) in [5, 5.41) is 12.7. The lowest BCUT2D eigenvalue weighted by atomic mass is 10.0. The van der Waals surface area contributed by atoms with Crippen molar-refractivity contribution in [2.75, 3.05) is 47.6 Å². The Kier molecular flexibility index (Phi) is 8.40. The van der Waals surface area contributed by atoms with Crippen LogP contribution >= 0.6 is 11.6 Å². The number of pyridine rings is 1. The molecule has 0 radical (unpaired) electrons. The number of benzene rings is 1. The lowest BCUT2D eigenvalue weighted by Gasteiger charge is -2.36. The summed E-state index contributed by atoms with van der Waals surface area (Å²) in [5.74, 6) is 0.100. The van der Waals surface area contributed by atoms with Crippen molar-refractivity contribution in [2.24, 2.45) is 7.05 Å². The molecule has 0 spiro atoms. The van der Waals surface area contributed by atoms with Crippen LogP contribution in [0.15, 0.2) is 41.5 Å². The first kappa shape index (κ1) is 30.6. The maximum Gasteiger partial charge on any atom is 0.285 e. The molecule has 14 nitrogen and oxygen atoms in total. The molecule has 1 aromatic carbocycles. The van der Waals surface area contributed by atoms with E-state index < -0.39 is 22.0 Å². The highest BCUT2D eigenvalue weighted by Crippen LogP contribution is 2.29. The number of carbonyl (C=O) groups excluding carboxylic acids is 1. The van der Waals surface area contributed by atoms with E-state index in [4.69, 9.17) is 21.8 Å². The number of aromatic nitrogens is 5. The molecule has 4 heterocycles. The molecule has 228 valence electrons. The Bertz CT molecular complexity index is 1970. The Hall–Kier alpha value is -4.81. The number of hydrogen-bond donors (Lipinski definition) is 2. The number of carbonyl (C=O) groups is 1. The topological polar surface area (TPSA) is 179 Å². The number of sulfonamides is 1. The van der Waals surface area contributed by atoms with E-state index in [1.807, 2.05) is 40.5 Å². The number of piperazine rings is 1. The van der Waals surface area contributed by atoms with E-state index in [0.29, 0.717) is 60.1 Å². The van der Waals surface area contributed by atoms with E-state index in [2.05, 4.69) is 20.3 Å². The number of nitriles is 1. The standard InChI is InChI=1S/C28H29ClN10O4S/c1-16-11-19(17(2)33-21-5-6-22(29)34-24(21)25(40)36-44(4,42)43)23-20(12-16)26(41)37(3)28(35-23)39-9-7-38(8-10-39)27-31-14-18(13-30)15-32-27/h5-6,11-12,14-15,17,33H,7-10H2,1-4H3,(H,36,40)/t17-/m1/s1. The SMILES string of the molecule is Cc1cc([C@@H](C)Nc2ccc(Cl)nc2C(=O)NS(C)(=O)=O)c2nc(N3CCN(c4ncc(C#N)cn4)CC3)n(C)c(=O)c2c1. The fourth-order valence-electron chi connectivity index (χ4n) is 5.06. The second kappa shape index (κ2) is 12.1. The molecule has 2 N–H and O–H groups in total. The number of nitrogens with zero attached hydrogens (tertiary/aromatic N) is 8. The first-order valence-electron chi connectivity index (χ1n) is 13.5. The van der Waals surface area contributed by atoms with E-state index in [0.717, 1.165) is 11.8 Å². The lowest BCUT2D eigenvalue weighted by molar-refractivity contribution is 0.0977. The Morgan fingerprint density at radius 1 is 1.09 bits per heavy atom. The summed E-state index contributed by atoms with van der Waals surface area (Å²) in [6.45, 7) is 6.00. The number of rotatable bonds is 7. The molecule has 5 rings (SSSR count). The third-order valence-electron chi connectivity index (χ3n) is 7.14. The zero-order valence-electron chi connectivity index (χ0n) is 24.4. The molecule has 3 aromatic heterocycles. The van der Waals surface area contributed by atoms with E-state index in [-0.39, 0.29) is 22.1 Å². The van der Waals surface area contributed by atoms with Crippen LogP contribution < -0.4 is 25.4 Å². The highest BCUT2D eigenvalue weighted by atomic mass is 35.5. The molecule has 0 bridgehead atoms. The summed E-state index contributed by atoms with van der Waals surface area (Å²) in [6, 6.07) is 8.26. The molecular formula is C28H29ClN10O4S. The number of anilines is 3. The van der Waals surface area contributed by atoms with E-state index >= 15 is 0 Å². The van der Waals surface area contributed by atoms with Crippen LogP contribution in [0.2, 0.25) is 5.15 Å². The molecule has 4 aromatic rings. The fraction of sp³-hybridized carbons (Fsp3) is 0.321. The molecule has 1 amide bonds. The van der Waals surface area contributed by atoms with Gasteiger partial charge in [0.25, 0.3) is 11.5 Å². The van der Waals surface area contributed by atoms with Crippen molar-refractivity contribution < 1.29 is 13.2 Å². The van der Waals surface area contributed by atoms with Gasteiger partial charge in [-0.2, -0.15) is 5.26 Å². The normalized spacial score (nSPS) is 14.3. The van der Waals surface area contributed by atoms with E-state index in [1.54, 1.807) is 13.1 Å².